The van der Waals surface area contributed by atoms with E-state index in [4.69, 9.17) is 0 Å². The summed E-state index contributed by atoms with van der Waals surface area (Å²) >= 11 is 0. The Bertz CT molecular complexity index is 487. The lowest BCUT2D eigenvalue weighted by atomic mass is 9.82. The zero-order valence-electron chi connectivity index (χ0n) is 15.5. The van der Waals surface area contributed by atoms with Gasteiger partial charge < -0.3 is 4.90 Å². The van der Waals surface area contributed by atoms with Crippen LogP contribution in [0.5, 0.6) is 0 Å². The number of benzene rings is 1. The van der Waals surface area contributed by atoms with Crippen molar-refractivity contribution < 1.29 is 8.78 Å². The van der Waals surface area contributed by atoms with E-state index in [0.717, 1.165) is 32.9 Å². The summed E-state index contributed by atoms with van der Waals surface area (Å²) in [6.07, 6.45) is 5.92. The zero-order valence-corrected chi connectivity index (χ0v) is 15.5. The lowest BCUT2D eigenvalue weighted by Gasteiger charge is -2.34. The molecule has 1 nitrogen and oxygen atoms in total. The molecule has 1 aliphatic rings. The van der Waals surface area contributed by atoms with E-state index in [1.54, 1.807) is 0 Å². The summed E-state index contributed by atoms with van der Waals surface area (Å²) in [4.78, 5) is 2.21. The summed E-state index contributed by atoms with van der Waals surface area (Å²) in [7, 11) is 0. The van der Waals surface area contributed by atoms with E-state index < -0.39 is 5.92 Å². The molecule has 2 rings (SSSR count). The molecule has 1 heterocycles. The molecule has 1 aliphatic heterocycles. The summed E-state index contributed by atoms with van der Waals surface area (Å²) in [5, 5.41) is 0. The predicted molar refractivity (Wildman–Crippen MR) is 98.0 cm³/mol. The van der Waals surface area contributed by atoms with Gasteiger partial charge in [-0.1, -0.05) is 51.0 Å². The quantitative estimate of drug-likeness (QED) is 0.545. The summed E-state index contributed by atoms with van der Waals surface area (Å²) in [6, 6.07) is 8.88. The van der Waals surface area contributed by atoms with Crippen molar-refractivity contribution in [1.82, 2.24) is 4.90 Å². The first-order valence-corrected chi connectivity index (χ1v) is 9.59. The second-order valence-corrected chi connectivity index (χ2v) is 7.61. The molecule has 24 heavy (non-hydrogen) atoms. The first-order valence-electron chi connectivity index (χ1n) is 9.59. The van der Waals surface area contributed by atoms with E-state index in [2.05, 4.69) is 43.0 Å². The average molecular weight is 337 g/mol. The van der Waals surface area contributed by atoms with Crippen LogP contribution in [0.15, 0.2) is 24.3 Å². The third-order valence-corrected chi connectivity index (χ3v) is 5.41. The second kappa shape index (κ2) is 8.94. The number of likely N-dealkylation sites (tertiary alicyclic amines) is 1. The number of alkyl halides is 2. The maximum atomic E-state index is 13.0. The van der Waals surface area contributed by atoms with Crippen LogP contribution in [-0.2, 0) is 0 Å². The molecule has 0 aliphatic carbocycles. The Morgan fingerprint density at radius 1 is 1.21 bits per heavy atom. The molecule has 1 saturated heterocycles. The van der Waals surface area contributed by atoms with E-state index in [9.17, 15) is 8.78 Å². The smallest absolute Gasteiger partial charge is 0.246 e. The number of unbranched alkanes of at least 4 members (excludes halogenated alkanes) is 1. The van der Waals surface area contributed by atoms with Crippen LogP contribution in [0.3, 0.4) is 0 Å². The number of halogens is 2. The molecule has 1 atom stereocenters. The van der Waals surface area contributed by atoms with E-state index in [-0.39, 0.29) is 6.42 Å². The van der Waals surface area contributed by atoms with Crippen LogP contribution < -0.4 is 0 Å². The Kier molecular flexibility index (Phi) is 7.21. The highest BCUT2D eigenvalue weighted by Gasteiger charge is 2.26. The van der Waals surface area contributed by atoms with Crippen molar-refractivity contribution in [2.75, 3.05) is 19.6 Å². The average Bonchev–Trinajstić information content (AvgIpc) is 2.57. The topological polar surface area (TPSA) is 3.24 Å². The van der Waals surface area contributed by atoms with E-state index in [1.807, 2.05) is 0 Å². The first kappa shape index (κ1) is 19.4. The van der Waals surface area contributed by atoms with Crippen molar-refractivity contribution in [1.29, 1.82) is 0 Å². The lowest BCUT2D eigenvalue weighted by Crippen LogP contribution is -2.35. The van der Waals surface area contributed by atoms with E-state index in [0.29, 0.717) is 18.4 Å². The molecule has 0 bridgehead atoms. The zero-order chi connectivity index (χ0) is 17.6. The van der Waals surface area contributed by atoms with Crippen LogP contribution in [0.4, 0.5) is 8.78 Å². The van der Waals surface area contributed by atoms with Gasteiger partial charge in [0.2, 0.25) is 5.92 Å². The molecule has 0 radical (unpaired) electrons. The van der Waals surface area contributed by atoms with Crippen LogP contribution in [0.25, 0.3) is 0 Å². The normalized spacial score (nSPS) is 18.7. The minimum Gasteiger partial charge on any atom is -0.303 e. The van der Waals surface area contributed by atoms with Gasteiger partial charge in [-0.25, -0.2) is 8.78 Å². The maximum absolute atomic E-state index is 13.0. The molecule has 1 aromatic carbocycles. The highest BCUT2D eigenvalue weighted by Crippen LogP contribution is 2.35. The monoisotopic (exact) mass is 337 g/mol. The van der Waals surface area contributed by atoms with Crippen molar-refractivity contribution in [3.8, 4) is 0 Å². The van der Waals surface area contributed by atoms with Gasteiger partial charge in [0.05, 0.1) is 0 Å². The van der Waals surface area contributed by atoms with Crippen LogP contribution in [-0.4, -0.2) is 30.5 Å². The lowest BCUT2D eigenvalue weighted by molar-refractivity contribution is 0.00121. The number of nitrogens with zero attached hydrogens (tertiary/aromatic N) is 1. The minimum absolute atomic E-state index is 0.0255. The molecule has 3 heteroatoms. The summed E-state index contributed by atoms with van der Waals surface area (Å²) in [5.41, 5.74) is 3.01. The fourth-order valence-electron chi connectivity index (χ4n) is 3.82. The predicted octanol–water partition coefficient (Wildman–Crippen LogP) is 6.21. The van der Waals surface area contributed by atoms with Gasteiger partial charge in [-0.3, -0.25) is 0 Å². The van der Waals surface area contributed by atoms with Gasteiger partial charge in [0.1, 0.15) is 0 Å². The Hall–Kier alpha value is -0.960. The minimum atomic E-state index is -2.54. The van der Waals surface area contributed by atoms with Gasteiger partial charge in [-0.15, -0.1) is 0 Å². The molecule has 1 aromatic rings. The molecule has 1 unspecified atom stereocenters. The van der Waals surface area contributed by atoms with Gasteiger partial charge in [0, 0.05) is 13.0 Å². The second-order valence-electron chi connectivity index (χ2n) is 7.61. The van der Waals surface area contributed by atoms with E-state index in [1.165, 1.54) is 30.4 Å². The molecule has 136 valence electrons. The fourth-order valence-corrected chi connectivity index (χ4v) is 3.82. The third-order valence-electron chi connectivity index (χ3n) is 5.41. The molecular weight excluding hydrogens is 304 g/mol. The van der Waals surface area contributed by atoms with Gasteiger partial charge in [0.15, 0.2) is 0 Å². The highest BCUT2D eigenvalue weighted by atomic mass is 19.3. The van der Waals surface area contributed by atoms with Crippen LogP contribution in [0, 0.1) is 0 Å². The standard InChI is InChI=1S/C21H33F2N/c1-4-5-8-17(2)19-9-6-7-10-20(19)18-11-14-24(15-12-18)16-13-21(3,22)23/h6-7,9-10,17-18H,4-5,8,11-16H2,1-3H3. The number of piperidine rings is 1. The molecule has 0 N–H and O–H groups in total. The molecule has 1 fully saturated rings. The highest BCUT2D eigenvalue weighted by molar-refractivity contribution is 5.33. The van der Waals surface area contributed by atoms with Crippen LogP contribution in [0.2, 0.25) is 0 Å². The Labute approximate surface area is 146 Å². The first-order chi connectivity index (χ1) is 11.4. The Balaban J connectivity index is 1.94. The summed E-state index contributed by atoms with van der Waals surface area (Å²) < 4.78 is 26.1. The van der Waals surface area contributed by atoms with Crippen molar-refractivity contribution in [2.24, 2.45) is 0 Å². The fraction of sp³-hybridized carbons (Fsp3) is 0.714. The van der Waals surface area contributed by atoms with E-state index >= 15 is 0 Å². The summed E-state index contributed by atoms with van der Waals surface area (Å²) in [6.45, 7) is 8.01. The molecule has 0 amide bonds. The number of hydrogen-bond acceptors (Lipinski definition) is 1. The molecule has 0 spiro atoms. The van der Waals surface area contributed by atoms with Crippen molar-refractivity contribution in [2.45, 2.75) is 77.1 Å². The number of hydrogen-bond donors (Lipinski definition) is 0. The Morgan fingerprint density at radius 2 is 1.88 bits per heavy atom. The largest absolute Gasteiger partial charge is 0.303 e. The maximum Gasteiger partial charge on any atom is 0.246 e. The SMILES string of the molecule is CCCCC(C)c1ccccc1C1CCN(CCC(C)(F)F)CC1. The third kappa shape index (κ3) is 5.84. The number of rotatable bonds is 8. The molecule has 0 saturated carbocycles. The molecule has 0 aromatic heterocycles. The summed E-state index contributed by atoms with van der Waals surface area (Å²) in [5.74, 6) is -1.35. The molecular formula is C21H33F2N. The van der Waals surface area contributed by atoms with Gasteiger partial charge in [-0.05, 0) is 62.2 Å². The van der Waals surface area contributed by atoms with Gasteiger partial charge in [0.25, 0.3) is 0 Å². The van der Waals surface area contributed by atoms with Crippen molar-refractivity contribution in [3.05, 3.63) is 35.4 Å². The van der Waals surface area contributed by atoms with Crippen molar-refractivity contribution in [3.63, 3.8) is 0 Å². The van der Waals surface area contributed by atoms with Crippen LogP contribution >= 0.6 is 0 Å². The Morgan fingerprint density at radius 3 is 2.50 bits per heavy atom. The van der Waals surface area contributed by atoms with Gasteiger partial charge >= 0.3 is 0 Å². The van der Waals surface area contributed by atoms with Crippen molar-refractivity contribution >= 4 is 0 Å². The van der Waals surface area contributed by atoms with Gasteiger partial charge in [-0.2, -0.15) is 0 Å². The van der Waals surface area contributed by atoms with Crippen LogP contribution in [0.1, 0.15) is 82.3 Å².